The number of rotatable bonds is 5. The van der Waals surface area contributed by atoms with Crippen molar-refractivity contribution in [2.45, 2.75) is 59.2 Å². The first-order valence-electron chi connectivity index (χ1n) is 7.71. The molecular formula is C17H25N3. The highest BCUT2D eigenvalue weighted by atomic mass is 15.3. The van der Waals surface area contributed by atoms with Gasteiger partial charge in [0.15, 0.2) is 0 Å². The van der Waals surface area contributed by atoms with Crippen molar-refractivity contribution in [3.63, 3.8) is 0 Å². The van der Waals surface area contributed by atoms with Gasteiger partial charge in [-0.05, 0) is 30.7 Å². The Balaban J connectivity index is 1.83. The first-order valence-corrected chi connectivity index (χ1v) is 7.71. The van der Waals surface area contributed by atoms with Crippen molar-refractivity contribution in [3.8, 4) is 0 Å². The summed E-state index contributed by atoms with van der Waals surface area (Å²) in [5, 5.41) is 9.72. The zero-order chi connectivity index (χ0) is 14.2. The van der Waals surface area contributed by atoms with Gasteiger partial charge in [-0.2, -0.15) is 5.10 Å². The predicted octanol–water partition coefficient (Wildman–Crippen LogP) is 3.72. The van der Waals surface area contributed by atoms with E-state index in [-0.39, 0.29) is 0 Å². The van der Waals surface area contributed by atoms with Crippen LogP contribution in [0.3, 0.4) is 0 Å². The number of nitrogens with zero attached hydrogens (tertiary/aromatic N) is 2. The minimum Gasteiger partial charge on any atom is -0.308 e. The number of fused-ring (bicyclic) bond motifs is 1. The van der Waals surface area contributed by atoms with Crippen LogP contribution in [0.4, 0.5) is 0 Å². The van der Waals surface area contributed by atoms with Gasteiger partial charge in [-0.25, -0.2) is 0 Å². The molecule has 1 aliphatic carbocycles. The summed E-state index contributed by atoms with van der Waals surface area (Å²) in [5.41, 5.74) is 2.81. The van der Waals surface area contributed by atoms with Crippen molar-refractivity contribution in [1.29, 1.82) is 0 Å². The van der Waals surface area contributed by atoms with E-state index < -0.39 is 0 Å². The Labute approximate surface area is 121 Å². The number of benzene rings is 1. The number of aryl methyl sites for hydroxylation is 1. The molecule has 2 aromatic rings. The highest BCUT2D eigenvalue weighted by molar-refractivity contribution is 5.81. The summed E-state index contributed by atoms with van der Waals surface area (Å²) >= 11 is 0. The molecule has 1 fully saturated rings. The van der Waals surface area contributed by atoms with Crippen LogP contribution in [0.25, 0.3) is 10.9 Å². The zero-order valence-electron chi connectivity index (χ0n) is 12.8. The van der Waals surface area contributed by atoms with Crippen molar-refractivity contribution >= 4 is 10.9 Å². The van der Waals surface area contributed by atoms with Crippen molar-refractivity contribution in [1.82, 2.24) is 15.1 Å². The third kappa shape index (κ3) is 3.21. The molecule has 0 bridgehead atoms. The molecule has 20 heavy (non-hydrogen) atoms. The molecule has 108 valence electrons. The third-order valence-corrected chi connectivity index (χ3v) is 3.94. The maximum Gasteiger partial charge on any atom is 0.0841 e. The molecule has 0 aliphatic heterocycles. The largest absolute Gasteiger partial charge is 0.308 e. The molecule has 0 saturated heterocycles. The van der Waals surface area contributed by atoms with Crippen LogP contribution in [0.5, 0.6) is 0 Å². The highest BCUT2D eigenvalue weighted by Crippen LogP contribution is 2.24. The lowest BCUT2D eigenvalue weighted by molar-refractivity contribution is 0.343. The monoisotopic (exact) mass is 271 g/mol. The number of para-hydroxylation sites is 1. The molecule has 0 amide bonds. The second-order valence-electron chi connectivity index (χ2n) is 7.15. The average molecular weight is 271 g/mol. The van der Waals surface area contributed by atoms with E-state index in [1.165, 1.54) is 29.4 Å². The molecule has 0 unspecified atom stereocenters. The normalized spacial score (nSPS) is 15.9. The highest BCUT2D eigenvalue weighted by Gasteiger charge is 2.21. The lowest BCUT2D eigenvalue weighted by Crippen LogP contribution is -2.16. The first kappa shape index (κ1) is 13.6. The van der Waals surface area contributed by atoms with Crippen LogP contribution in [0.2, 0.25) is 0 Å². The minimum atomic E-state index is 0.347. The lowest BCUT2D eigenvalue weighted by Gasteiger charge is -2.17. The van der Waals surface area contributed by atoms with Crippen LogP contribution in [0.15, 0.2) is 24.3 Å². The van der Waals surface area contributed by atoms with Crippen molar-refractivity contribution in [2.24, 2.45) is 5.41 Å². The van der Waals surface area contributed by atoms with Gasteiger partial charge < -0.3 is 5.32 Å². The van der Waals surface area contributed by atoms with Gasteiger partial charge in [0.1, 0.15) is 0 Å². The van der Waals surface area contributed by atoms with Gasteiger partial charge in [-0.3, -0.25) is 4.68 Å². The molecule has 3 heteroatoms. The summed E-state index contributed by atoms with van der Waals surface area (Å²) in [4.78, 5) is 0. The fraction of sp³-hybridized carbons (Fsp3) is 0.588. The second-order valence-corrected chi connectivity index (χ2v) is 7.15. The zero-order valence-corrected chi connectivity index (χ0v) is 12.8. The van der Waals surface area contributed by atoms with E-state index in [0.29, 0.717) is 5.41 Å². The minimum absolute atomic E-state index is 0.347. The molecule has 3 nitrogen and oxygen atoms in total. The number of hydrogen-bond donors (Lipinski definition) is 1. The average Bonchev–Trinajstić information content (AvgIpc) is 3.16. The van der Waals surface area contributed by atoms with E-state index >= 15 is 0 Å². The Morgan fingerprint density at radius 2 is 2.00 bits per heavy atom. The maximum absolute atomic E-state index is 4.85. The van der Waals surface area contributed by atoms with E-state index in [2.05, 4.69) is 55.0 Å². The van der Waals surface area contributed by atoms with E-state index in [9.17, 15) is 0 Å². The quantitative estimate of drug-likeness (QED) is 0.898. The van der Waals surface area contributed by atoms with Gasteiger partial charge in [0.05, 0.1) is 11.2 Å². The van der Waals surface area contributed by atoms with Gasteiger partial charge in [-0.15, -0.1) is 0 Å². The lowest BCUT2D eigenvalue weighted by atomic mass is 9.92. The molecule has 1 aromatic carbocycles. The summed E-state index contributed by atoms with van der Waals surface area (Å²) in [6, 6.07) is 9.33. The Hall–Kier alpha value is -1.35. The molecule has 0 spiro atoms. The predicted molar refractivity (Wildman–Crippen MR) is 83.7 cm³/mol. The van der Waals surface area contributed by atoms with Crippen LogP contribution in [0.1, 0.15) is 45.7 Å². The van der Waals surface area contributed by atoms with Crippen LogP contribution < -0.4 is 5.32 Å². The van der Waals surface area contributed by atoms with Gasteiger partial charge in [-0.1, -0.05) is 39.0 Å². The Kier molecular flexibility index (Phi) is 3.55. The summed E-state index contributed by atoms with van der Waals surface area (Å²) in [5.74, 6) is 0. The maximum atomic E-state index is 4.85. The van der Waals surface area contributed by atoms with Crippen LogP contribution in [0, 0.1) is 5.41 Å². The van der Waals surface area contributed by atoms with Crippen LogP contribution in [-0.4, -0.2) is 15.8 Å². The smallest absolute Gasteiger partial charge is 0.0841 e. The summed E-state index contributed by atoms with van der Waals surface area (Å²) in [6.07, 6.45) is 3.79. The number of aromatic nitrogens is 2. The molecule has 1 saturated carbocycles. The van der Waals surface area contributed by atoms with E-state index in [0.717, 1.165) is 25.6 Å². The van der Waals surface area contributed by atoms with Gasteiger partial charge >= 0.3 is 0 Å². The van der Waals surface area contributed by atoms with E-state index in [1.807, 2.05) is 0 Å². The van der Waals surface area contributed by atoms with E-state index in [4.69, 9.17) is 5.10 Å². The van der Waals surface area contributed by atoms with Crippen molar-refractivity contribution in [2.75, 3.05) is 0 Å². The molecule has 0 atom stereocenters. The Morgan fingerprint density at radius 1 is 1.25 bits per heavy atom. The van der Waals surface area contributed by atoms with Gasteiger partial charge in [0, 0.05) is 24.5 Å². The van der Waals surface area contributed by atoms with Gasteiger partial charge in [0.25, 0.3) is 0 Å². The summed E-state index contributed by atoms with van der Waals surface area (Å²) in [6.45, 7) is 8.75. The molecule has 1 N–H and O–H groups in total. The molecule has 1 aromatic heterocycles. The topological polar surface area (TPSA) is 29.9 Å². The molecule has 1 heterocycles. The number of hydrogen-bond acceptors (Lipinski definition) is 2. The first-order chi connectivity index (χ1) is 9.53. The molecule has 1 aliphatic rings. The third-order valence-electron chi connectivity index (χ3n) is 3.94. The second kappa shape index (κ2) is 5.21. The Bertz CT molecular complexity index is 588. The SMILES string of the molecule is CC(C)(C)CCn1nc(CNC2CC2)c2ccccc21. The molecular weight excluding hydrogens is 246 g/mol. The standard InChI is InChI=1S/C17H25N3/c1-17(2,3)10-11-20-16-7-5-4-6-14(16)15(19-20)12-18-13-8-9-13/h4-7,13,18H,8-12H2,1-3H3. The molecule has 3 rings (SSSR count). The van der Waals surface area contributed by atoms with Gasteiger partial charge in [0.2, 0.25) is 0 Å². The van der Waals surface area contributed by atoms with Crippen molar-refractivity contribution in [3.05, 3.63) is 30.0 Å². The number of nitrogens with one attached hydrogen (secondary N) is 1. The fourth-order valence-electron chi connectivity index (χ4n) is 2.47. The molecule has 0 radical (unpaired) electrons. The fourth-order valence-corrected chi connectivity index (χ4v) is 2.47. The van der Waals surface area contributed by atoms with Crippen LogP contribution >= 0.6 is 0 Å². The van der Waals surface area contributed by atoms with E-state index in [1.54, 1.807) is 0 Å². The Morgan fingerprint density at radius 3 is 2.70 bits per heavy atom. The van der Waals surface area contributed by atoms with Crippen LogP contribution in [-0.2, 0) is 13.1 Å². The van der Waals surface area contributed by atoms with Crippen molar-refractivity contribution < 1.29 is 0 Å². The summed E-state index contributed by atoms with van der Waals surface area (Å²) in [7, 11) is 0. The summed E-state index contributed by atoms with van der Waals surface area (Å²) < 4.78 is 2.19.